The Labute approximate surface area is 113 Å². The molecule has 0 amide bonds. The van der Waals surface area contributed by atoms with E-state index in [-0.39, 0.29) is 0 Å². The second-order valence-corrected chi connectivity index (χ2v) is 4.76. The van der Waals surface area contributed by atoms with E-state index in [1.807, 2.05) is 24.3 Å². The van der Waals surface area contributed by atoms with Gasteiger partial charge >= 0.3 is 0 Å². The summed E-state index contributed by atoms with van der Waals surface area (Å²) in [6.45, 7) is 0. The van der Waals surface area contributed by atoms with Crippen LogP contribution < -0.4 is 5.32 Å². The van der Waals surface area contributed by atoms with Gasteiger partial charge in [0.15, 0.2) is 0 Å². The van der Waals surface area contributed by atoms with E-state index in [0.29, 0.717) is 11.1 Å². The van der Waals surface area contributed by atoms with Gasteiger partial charge in [-0.25, -0.2) is 14.6 Å². The van der Waals surface area contributed by atoms with Crippen LogP contribution in [0.15, 0.2) is 34.4 Å². The normalized spacial score (nSPS) is 10.8. The highest BCUT2D eigenvalue weighted by Gasteiger charge is 2.11. The maximum Gasteiger partial charge on any atom is 0.224 e. The SMILES string of the molecule is CNc1nc(Sc2nnnn2C)c2ccccc2n1. The Hall–Kier alpha value is -2.22. The number of aromatic nitrogens is 6. The number of benzene rings is 1. The number of para-hydroxylation sites is 1. The molecule has 0 radical (unpaired) electrons. The monoisotopic (exact) mass is 273 g/mol. The second kappa shape index (κ2) is 4.81. The lowest BCUT2D eigenvalue weighted by Gasteiger charge is -2.06. The van der Waals surface area contributed by atoms with Crippen LogP contribution in [0.2, 0.25) is 0 Å². The summed E-state index contributed by atoms with van der Waals surface area (Å²) in [5.41, 5.74) is 0.888. The van der Waals surface area contributed by atoms with E-state index in [1.165, 1.54) is 11.8 Å². The van der Waals surface area contributed by atoms with Crippen LogP contribution in [0, 0.1) is 0 Å². The minimum Gasteiger partial charge on any atom is -0.357 e. The molecule has 2 aromatic heterocycles. The van der Waals surface area contributed by atoms with Gasteiger partial charge in [-0.3, -0.25) is 0 Å². The average Bonchev–Trinajstić information content (AvgIpc) is 2.84. The number of nitrogens with zero attached hydrogens (tertiary/aromatic N) is 6. The first kappa shape index (κ1) is 11.8. The molecular formula is C11H11N7S. The summed E-state index contributed by atoms with van der Waals surface area (Å²) in [4.78, 5) is 8.88. The molecule has 2 heterocycles. The fourth-order valence-electron chi connectivity index (χ4n) is 1.63. The van der Waals surface area contributed by atoms with E-state index in [0.717, 1.165) is 15.9 Å². The number of aryl methyl sites for hydroxylation is 1. The quantitative estimate of drug-likeness (QED) is 0.721. The number of tetrazole rings is 1. The molecule has 0 spiro atoms. The Morgan fingerprint density at radius 3 is 2.79 bits per heavy atom. The predicted octanol–water partition coefficient (Wildman–Crippen LogP) is 1.35. The predicted molar refractivity (Wildman–Crippen MR) is 72.0 cm³/mol. The molecule has 0 aliphatic carbocycles. The lowest BCUT2D eigenvalue weighted by Crippen LogP contribution is -1.99. The minimum absolute atomic E-state index is 0.580. The smallest absolute Gasteiger partial charge is 0.224 e. The van der Waals surface area contributed by atoms with Crippen LogP contribution in [0.4, 0.5) is 5.95 Å². The molecule has 0 aliphatic heterocycles. The van der Waals surface area contributed by atoms with Crippen LogP contribution >= 0.6 is 11.8 Å². The third kappa shape index (κ3) is 2.22. The Morgan fingerprint density at radius 1 is 1.21 bits per heavy atom. The topological polar surface area (TPSA) is 81.4 Å². The maximum absolute atomic E-state index is 4.47. The highest BCUT2D eigenvalue weighted by molar-refractivity contribution is 7.99. The van der Waals surface area contributed by atoms with Gasteiger partial charge in [0.2, 0.25) is 11.1 Å². The lowest BCUT2D eigenvalue weighted by molar-refractivity contribution is 0.664. The van der Waals surface area contributed by atoms with Crippen LogP contribution in [-0.2, 0) is 7.05 Å². The zero-order chi connectivity index (χ0) is 13.2. The molecule has 3 rings (SSSR count). The number of hydrogen-bond donors (Lipinski definition) is 1. The molecule has 3 aromatic rings. The largest absolute Gasteiger partial charge is 0.357 e. The first-order chi connectivity index (χ1) is 9.28. The molecule has 0 saturated heterocycles. The third-order valence-corrected chi connectivity index (χ3v) is 3.59. The fraction of sp³-hybridized carbons (Fsp3) is 0.182. The van der Waals surface area contributed by atoms with E-state index in [1.54, 1.807) is 18.8 Å². The third-order valence-electron chi connectivity index (χ3n) is 2.56. The van der Waals surface area contributed by atoms with Crippen molar-refractivity contribution in [2.75, 3.05) is 12.4 Å². The molecule has 0 fully saturated rings. The molecule has 0 bridgehead atoms. The standard InChI is InChI=1S/C11H11N7S/c1-12-10-13-8-6-4-3-5-7(8)9(14-10)19-11-15-16-17-18(11)2/h3-6H,1-2H3,(H,12,13,14). The van der Waals surface area contributed by atoms with Crippen LogP contribution in [0.25, 0.3) is 10.9 Å². The Morgan fingerprint density at radius 2 is 2.05 bits per heavy atom. The van der Waals surface area contributed by atoms with Crippen LogP contribution in [0.1, 0.15) is 0 Å². The van der Waals surface area contributed by atoms with E-state index in [9.17, 15) is 0 Å². The molecule has 0 atom stereocenters. The summed E-state index contributed by atoms with van der Waals surface area (Å²) in [5, 5.41) is 16.8. The van der Waals surface area contributed by atoms with Crippen molar-refractivity contribution in [2.45, 2.75) is 10.2 Å². The number of rotatable bonds is 3. The van der Waals surface area contributed by atoms with Gasteiger partial charge in [-0.2, -0.15) is 0 Å². The Bertz CT molecular complexity index is 724. The van der Waals surface area contributed by atoms with Crippen LogP contribution in [0.5, 0.6) is 0 Å². The van der Waals surface area contributed by atoms with E-state index >= 15 is 0 Å². The van der Waals surface area contributed by atoms with Gasteiger partial charge in [-0.1, -0.05) is 18.2 Å². The van der Waals surface area contributed by atoms with Crippen molar-refractivity contribution in [2.24, 2.45) is 7.05 Å². The van der Waals surface area contributed by atoms with Gasteiger partial charge in [0, 0.05) is 19.5 Å². The molecule has 1 N–H and O–H groups in total. The van der Waals surface area contributed by atoms with Gasteiger partial charge in [0.05, 0.1) is 5.52 Å². The molecule has 8 heteroatoms. The highest BCUT2D eigenvalue weighted by atomic mass is 32.2. The van der Waals surface area contributed by atoms with E-state index in [4.69, 9.17) is 0 Å². The van der Waals surface area contributed by atoms with Crippen molar-refractivity contribution >= 4 is 28.6 Å². The van der Waals surface area contributed by atoms with Crippen molar-refractivity contribution in [3.8, 4) is 0 Å². The van der Waals surface area contributed by atoms with Crippen molar-refractivity contribution in [1.29, 1.82) is 0 Å². The summed E-state index contributed by atoms with van der Waals surface area (Å²) < 4.78 is 1.61. The van der Waals surface area contributed by atoms with Gasteiger partial charge in [0.1, 0.15) is 5.03 Å². The van der Waals surface area contributed by atoms with Crippen molar-refractivity contribution in [3.05, 3.63) is 24.3 Å². The summed E-state index contributed by atoms with van der Waals surface area (Å²) in [6, 6.07) is 7.86. The van der Waals surface area contributed by atoms with Gasteiger partial charge < -0.3 is 5.32 Å². The molecule has 0 unspecified atom stereocenters. The molecule has 7 nitrogen and oxygen atoms in total. The van der Waals surface area contributed by atoms with Gasteiger partial charge in [0.25, 0.3) is 0 Å². The summed E-state index contributed by atoms with van der Waals surface area (Å²) >= 11 is 1.42. The molecule has 0 aliphatic rings. The zero-order valence-electron chi connectivity index (χ0n) is 10.4. The summed E-state index contributed by atoms with van der Waals surface area (Å²) in [7, 11) is 3.59. The second-order valence-electron chi connectivity index (χ2n) is 3.81. The molecule has 0 saturated carbocycles. The number of nitrogens with one attached hydrogen (secondary N) is 1. The Kier molecular flexibility index (Phi) is 3.00. The number of fused-ring (bicyclic) bond motifs is 1. The molecule has 19 heavy (non-hydrogen) atoms. The number of anilines is 1. The van der Waals surface area contributed by atoms with Crippen molar-refractivity contribution in [1.82, 2.24) is 30.2 Å². The van der Waals surface area contributed by atoms with Gasteiger partial charge in [-0.15, -0.1) is 5.10 Å². The maximum atomic E-state index is 4.47. The zero-order valence-corrected chi connectivity index (χ0v) is 11.2. The van der Waals surface area contributed by atoms with Crippen LogP contribution in [0.3, 0.4) is 0 Å². The average molecular weight is 273 g/mol. The molecule has 1 aromatic carbocycles. The van der Waals surface area contributed by atoms with E-state index < -0.39 is 0 Å². The van der Waals surface area contributed by atoms with Gasteiger partial charge in [-0.05, 0) is 28.3 Å². The summed E-state index contributed by atoms with van der Waals surface area (Å²) in [6.07, 6.45) is 0. The lowest BCUT2D eigenvalue weighted by atomic mass is 10.2. The summed E-state index contributed by atoms with van der Waals surface area (Å²) in [5.74, 6) is 0.580. The van der Waals surface area contributed by atoms with Crippen LogP contribution in [-0.4, -0.2) is 37.2 Å². The minimum atomic E-state index is 0.580. The van der Waals surface area contributed by atoms with Crippen molar-refractivity contribution < 1.29 is 0 Å². The fourth-order valence-corrected chi connectivity index (χ4v) is 2.46. The first-order valence-corrected chi connectivity index (χ1v) is 6.44. The molecular weight excluding hydrogens is 262 g/mol. The molecule has 96 valence electrons. The number of hydrogen-bond acceptors (Lipinski definition) is 7. The highest BCUT2D eigenvalue weighted by Crippen LogP contribution is 2.30. The van der Waals surface area contributed by atoms with E-state index in [2.05, 4.69) is 30.8 Å². The van der Waals surface area contributed by atoms with Crippen molar-refractivity contribution in [3.63, 3.8) is 0 Å². The Balaban J connectivity index is 2.13. The first-order valence-electron chi connectivity index (χ1n) is 5.62.